The summed E-state index contributed by atoms with van der Waals surface area (Å²) in [5, 5.41) is 23.1. The zero-order valence-corrected chi connectivity index (χ0v) is 16.0. The van der Waals surface area contributed by atoms with Gasteiger partial charge in [-0.3, -0.25) is 9.36 Å². The van der Waals surface area contributed by atoms with E-state index >= 15 is 0 Å². The Hall–Kier alpha value is -2.83. The van der Waals surface area contributed by atoms with Crippen molar-refractivity contribution in [3.8, 4) is 23.3 Å². The number of aromatic hydroxyl groups is 2. The van der Waals surface area contributed by atoms with Crippen molar-refractivity contribution >= 4 is 11.6 Å². The molecule has 2 fully saturated rings. The summed E-state index contributed by atoms with van der Waals surface area (Å²) in [5.41, 5.74) is 0.583. The Labute approximate surface area is 163 Å². The lowest BCUT2D eigenvalue weighted by Gasteiger charge is -2.16. The van der Waals surface area contributed by atoms with Crippen molar-refractivity contribution < 1.29 is 24.5 Å². The number of aromatic nitrogens is 1. The highest BCUT2D eigenvalue weighted by Gasteiger charge is 2.26. The van der Waals surface area contributed by atoms with E-state index < -0.39 is 5.91 Å². The van der Waals surface area contributed by atoms with Crippen LogP contribution in [-0.2, 0) is 6.54 Å². The third kappa shape index (κ3) is 3.88. The van der Waals surface area contributed by atoms with E-state index in [-0.39, 0.29) is 23.6 Å². The van der Waals surface area contributed by atoms with E-state index in [1.165, 1.54) is 10.6 Å². The summed E-state index contributed by atoms with van der Waals surface area (Å²) in [7, 11) is 1.57. The first kappa shape index (κ1) is 18.5. The Morgan fingerprint density at radius 2 is 1.89 bits per heavy atom. The van der Waals surface area contributed by atoms with Crippen molar-refractivity contribution in [1.29, 1.82) is 0 Å². The van der Waals surface area contributed by atoms with Crippen LogP contribution in [0.25, 0.3) is 0 Å². The molecule has 1 amide bonds. The highest BCUT2D eigenvalue weighted by molar-refractivity contribution is 6.05. The third-order valence-electron chi connectivity index (χ3n) is 5.45. The smallest absolute Gasteiger partial charge is 0.255 e. The van der Waals surface area contributed by atoms with E-state index in [0.717, 1.165) is 38.5 Å². The molecule has 0 unspecified atom stereocenters. The Morgan fingerprint density at radius 3 is 2.57 bits per heavy atom. The van der Waals surface area contributed by atoms with Gasteiger partial charge in [-0.1, -0.05) is 0 Å². The Morgan fingerprint density at radius 1 is 1.14 bits per heavy atom. The first-order chi connectivity index (χ1) is 13.5. The number of hydrogen-bond donors (Lipinski definition) is 3. The maximum atomic E-state index is 12.7. The maximum Gasteiger partial charge on any atom is 0.255 e. The second kappa shape index (κ2) is 7.66. The van der Waals surface area contributed by atoms with Gasteiger partial charge in [-0.25, -0.2) is 0 Å². The molecule has 0 bridgehead atoms. The van der Waals surface area contributed by atoms with Crippen LogP contribution < -0.4 is 14.8 Å². The third-order valence-corrected chi connectivity index (χ3v) is 5.45. The summed E-state index contributed by atoms with van der Waals surface area (Å²) in [6.07, 6.45) is 6.62. The van der Waals surface area contributed by atoms with Crippen LogP contribution in [0.5, 0.6) is 23.3 Å². The molecule has 0 saturated heterocycles. The van der Waals surface area contributed by atoms with E-state index in [1.54, 1.807) is 25.3 Å². The maximum absolute atomic E-state index is 12.7. The van der Waals surface area contributed by atoms with Crippen LogP contribution in [0, 0.1) is 5.92 Å². The normalized spacial score (nSPS) is 16.9. The lowest BCUT2D eigenvalue weighted by molar-refractivity contribution is 0.102. The van der Waals surface area contributed by atoms with Gasteiger partial charge in [0.2, 0.25) is 5.88 Å². The standard InChI is InChI=1S/C21H26N2O5/c1-27-17-9-8-14(10-18(17)28-15-4-2-3-5-15)20(25)22-16-11-19(24)23(21(16)26)12-13-6-7-13/h8-11,13,15,24,26H,2-7,12H2,1H3,(H,22,25). The molecule has 7 heteroatoms. The van der Waals surface area contributed by atoms with Gasteiger partial charge in [-0.2, -0.15) is 0 Å². The van der Waals surface area contributed by atoms with Crippen LogP contribution in [0.3, 0.4) is 0 Å². The number of nitrogens with one attached hydrogen (secondary N) is 1. The van der Waals surface area contributed by atoms with Gasteiger partial charge in [0.15, 0.2) is 17.4 Å². The molecule has 4 rings (SSSR count). The minimum atomic E-state index is -0.391. The molecule has 3 N–H and O–H groups in total. The van der Waals surface area contributed by atoms with Crippen molar-refractivity contribution in [3.05, 3.63) is 29.8 Å². The molecule has 0 atom stereocenters. The number of anilines is 1. The summed E-state index contributed by atoms with van der Waals surface area (Å²) in [6.45, 7) is 0.551. The molecule has 7 nitrogen and oxygen atoms in total. The molecule has 1 aromatic heterocycles. The largest absolute Gasteiger partial charge is 0.494 e. The van der Waals surface area contributed by atoms with Gasteiger partial charge >= 0.3 is 0 Å². The van der Waals surface area contributed by atoms with E-state index in [1.807, 2.05) is 0 Å². The quantitative estimate of drug-likeness (QED) is 0.671. The molecule has 150 valence electrons. The molecular formula is C21H26N2O5. The van der Waals surface area contributed by atoms with E-state index in [4.69, 9.17) is 9.47 Å². The summed E-state index contributed by atoms with van der Waals surface area (Å²) in [5.74, 6) is 1.02. The number of carbonyl (C=O) groups is 1. The number of hydrogen-bond acceptors (Lipinski definition) is 5. The molecule has 28 heavy (non-hydrogen) atoms. The topological polar surface area (TPSA) is 93.0 Å². The van der Waals surface area contributed by atoms with Crippen LogP contribution in [0.2, 0.25) is 0 Å². The average Bonchev–Trinajstić information content (AvgIpc) is 3.30. The second-order valence-corrected chi connectivity index (χ2v) is 7.64. The molecule has 0 spiro atoms. The summed E-state index contributed by atoms with van der Waals surface area (Å²) >= 11 is 0. The van der Waals surface area contributed by atoms with E-state index in [2.05, 4.69) is 5.32 Å². The number of carbonyl (C=O) groups excluding carboxylic acids is 1. The number of ether oxygens (including phenoxy) is 2. The van der Waals surface area contributed by atoms with Gasteiger partial charge in [0.05, 0.1) is 13.2 Å². The van der Waals surface area contributed by atoms with Crippen LogP contribution >= 0.6 is 0 Å². The van der Waals surface area contributed by atoms with Crippen molar-refractivity contribution in [1.82, 2.24) is 4.57 Å². The second-order valence-electron chi connectivity index (χ2n) is 7.64. The molecule has 2 aromatic rings. The van der Waals surface area contributed by atoms with Crippen molar-refractivity contribution in [2.75, 3.05) is 12.4 Å². The number of methoxy groups -OCH3 is 1. The van der Waals surface area contributed by atoms with E-state index in [0.29, 0.717) is 29.5 Å². The molecule has 2 aliphatic carbocycles. The Balaban J connectivity index is 1.51. The summed E-state index contributed by atoms with van der Waals surface area (Å²) in [4.78, 5) is 12.7. The number of rotatable bonds is 7. The van der Waals surface area contributed by atoms with E-state index in [9.17, 15) is 15.0 Å². The fraction of sp³-hybridized carbons (Fsp3) is 0.476. The molecule has 0 radical (unpaired) electrons. The number of nitrogens with zero attached hydrogens (tertiary/aromatic N) is 1. The van der Waals surface area contributed by atoms with Crippen molar-refractivity contribution in [3.63, 3.8) is 0 Å². The van der Waals surface area contributed by atoms with Crippen LogP contribution in [0.15, 0.2) is 24.3 Å². The van der Waals surface area contributed by atoms with Gasteiger partial charge in [0.25, 0.3) is 5.91 Å². The van der Waals surface area contributed by atoms with Crippen LogP contribution in [0.1, 0.15) is 48.9 Å². The lowest BCUT2D eigenvalue weighted by Crippen LogP contribution is -2.14. The fourth-order valence-electron chi connectivity index (χ4n) is 3.65. The van der Waals surface area contributed by atoms with Crippen LogP contribution in [-0.4, -0.2) is 33.9 Å². The Kier molecular flexibility index (Phi) is 5.07. The van der Waals surface area contributed by atoms with Crippen molar-refractivity contribution in [2.45, 2.75) is 51.2 Å². The Bertz CT molecular complexity index is 866. The zero-order chi connectivity index (χ0) is 19.7. The van der Waals surface area contributed by atoms with Gasteiger partial charge in [-0.05, 0) is 62.6 Å². The molecular weight excluding hydrogens is 360 g/mol. The molecule has 2 saturated carbocycles. The predicted octanol–water partition coefficient (Wildman–Crippen LogP) is 3.89. The minimum Gasteiger partial charge on any atom is -0.494 e. The van der Waals surface area contributed by atoms with Crippen molar-refractivity contribution in [2.24, 2.45) is 5.92 Å². The number of amides is 1. The van der Waals surface area contributed by atoms with Gasteiger partial charge in [0, 0.05) is 18.2 Å². The highest BCUT2D eigenvalue weighted by Crippen LogP contribution is 2.39. The first-order valence-corrected chi connectivity index (χ1v) is 9.82. The highest BCUT2D eigenvalue weighted by atomic mass is 16.5. The molecule has 2 aliphatic rings. The molecule has 0 aliphatic heterocycles. The van der Waals surface area contributed by atoms with Crippen LogP contribution in [0.4, 0.5) is 5.69 Å². The first-order valence-electron chi connectivity index (χ1n) is 9.82. The fourth-order valence-corrected chi connectivity index (χ4v) is 3.65. The van der Waals surface area contributed by atoms with Gasteiger partial charge in [0.1, 0.15) is 5.69 Å². The summed E-state index contributed by atoms with van der Waals surface area (Å²) in [6, 6.07) is 6.38. The lowest BCUT2D eigenvalue weighted by atomic mass is 10.1. The predicted molar refractivity (Wildman–Crippen MR) is 104 cm³/mol. The van der Waals surface area contributed by atoms with Gasteiger partial charge in [-0.15, -0.1) is 0 Å². The molecule has 1 heterocycles. The monoisotopic (exact) mass is 386 g/mol. The summed E-state index contributed by atoms with van der Waals surface area (Å²) < 4.78 is 12.8. The molecule has 1 aromatic carbocycles. The number of benzene rings is 1. The van der Waals surface area contributed by atoms with Gasteiger partial charge < -0.3 is 25.0 Å². The average molecular weight is 386 g/mol. The zero-order valence-electron chi connectivity index (χ0n) is 16.0. The SMILES string of the molecule is COc1ccc(C(=O)Nc2cc(O)n(CC3CC3)c2O)cc1OC1CCCC1. The minimum absolute atomic E-state index is 0.0558.